The van der Waals surface area contributed by atoms with E-state index in [1.807, 2.05) is 0 Å². The quantitative estimate of drug-likeness (QED) is 0.680. The van der Waals surface area contributed by atoms with Crippen LogP contribution in [0.2, 0.25) is 13.1 Å². The van der Waals surface area contributed by atoms with Crippen LogP contribution >= 0.6 is 11.3 Å². The zero-order valence-electron chi connectivity index (χ0n) is 13.0. The summed E-state index contributed by atoms with van der Waals surface area (Å²) >= 11 is 1.74. The van der Waals surface area contributed by atoms with Gasteiger partial charge in [0.25, 0.3) is 0 Å². The van der Waals surface area contributed by atoms with Crippen molar-refractivity contribution in [2.24, 2.45) is 0 Å². The maximum absolute atomic E-state index is 5.94. The third kappa shape index (κ3) is 3.81. The Bertz CT molecular complexity index is 553. The van der Waals surface area contributed by atoms with Crippen molar-refractivity contribution in [3.63, 3.8) is 0 Å². The third-order valence-electron chi connectivity index (χ3n) is 3.32. The van der Waals surface area contributed by atoms with Crippen LogP contribution < -0.4 is 0 Å². The van der Waals surface area contributed by atoms with Gasteiger partial charge in [0.1, 0.15) is 0 Å². The predicted octanol–water partition coefficient (Wildman–Crippen LogP) is 5.48. The molecule has 0 fully saturated rings. The second-order valence-electron chi connectivity index (χ2n) is 6.33. The molecule has 2 rings (SSSR count). The van der Waals surface area contributed by atoms with Gasteiger partial charge in [0.05, 0.1) is 6.61 Å². The Kier molecular flexibility index (Phi) is 4.84. The molecule has 1 nitrogen and oxygen atoms in total. The highest BCUT2D eigenvalue weighted by Gasteiger charge is 2.16. The van der Waals surface area contributed by atoms with Gasteiger partial charge < -0.3 is 4.43 Å². The molecule has 1 aromatic carbocycles. The van der Waals surface area contributed by atoms with Gasteiger partial charge in [0, 0.05) is 0 Å². The monoisotopic (exact) mass is 303 g/mol. The number of thiophene rings is 1. The van der Waals surface area contributed by atoms with Gasteiger partial charge >= 0.3 is 0 Å². The second kappa shape index (κ2) is 6.25. The Morgan fingerprint density at radius 3 is 2.45 bits per heavy atom. The van der Waals surface area contributed by atoms with Gasteiger partial charge in [-0.05, 0) is 57.6 Å². The van der Waals surface area contributed by atoms with Gasteiger partial charge in [-0.15, -0.1) is 0 Å². The van der Waals surface area contributed by atoms with E-state index in [9.17, 15) is 0 Å². The van der Waals surface area contributed by atoms with Gasteiger partial charge in [-0.1, -0.05) is 39.0 Å². The fraction of sp³-hybridized carbons (Fsp3) is 0.412. The van der Waals surface area contributed by atoms with Crippen molar-refractivity contribution >= 4 is 20.4 Å². The zero-order valence-corrected chi connectivity index (χ0v) is 14.8. The van der Waals surface area contributed by atoms with E-state index < -0.39 is 9.04 Å². The molecule has 0 aliphatic carbocycles. The fourth-order valence-corrected chi connectivity index (χ4v) is 3.20. The molecule has 2 aromatic rings. The van der Waals surface area contributed by atoms with Gasteiger partial charge in [-0.3, -0.25) is 0 Å². The first-order valence-corrected chi connectivity index (χ1v) is 10.3. The van der Waals surface area contributed by atoms with E-state index in [-0.39, 0.29) is 5.41 Å². The summed E-state index contributed by atoms with van der Waals surface area (Å²) in [4.78, 5) is 0. The van der Waals surface area contributed by atoms with Gasteiger partial charge in [-0.2, -0.15) is 11.3 Å². The van der Waals surface area contributed by atoms with Crippen LogP contribution in [0.15, 0.2) is 35.0 Å². The molecule has 0 saturated carbocycles. The van der Waals surface area contributed by atoms with Crippen molar-refractivity contribution in [1.29, 1.82) is 0 Å². The summed E-state index contributed by atoms with van der Waals surface area (Å²) in [7, 11) is -0.662. The summed E-state index contributed by atoms with van der Waals surface area (Å²) in [6, 6.07) is 9.00. The molecule has 0 bridgehead atoms. The van der Waals surface area contributed by atoms with E-state index in [1.165, 1.54) is 22.3 Å². The van der Waals surface area contributed by atoms with E-state index in [0.717, 1.165) is 6.61 Å². The average Bonchev–Trinajstić information content (AvgIpc) is 2.88. The minimum Gasteiger partial charge on any atom is -0.413 e. The lowest BCUT2D eigenvalue weighted by Crippen LogP contribution is -2.13. The smallest absolute Gasteiger partial charge is 0.205 e. The Morgan fingerprint density at radius 2 is 1.90 bits per heavy atom. The Hall–Kier alpha value is -0.903. The van der Waals surface area contributed by atoms with Crippen LogP contribution in [0.25, 0.3) is 11.1 Å². The van der Waals surface area contributed by atoms with Gasteiger partial charge in [0.15, 0.2) is 0 Å². The van der Waals surface area contributed by atoms with Crippen LogP contribution in [0.5, 0.6) is 0 Å². The first-order chi connectivity index (χ1) is 9.38. The Balaban J connectivity index is 2.41. The molecule has 0 aliphatic rings. The fourth-order valence-electron chi connectivity index (χ4n) is 2.10. The summed E-state index contributed by atoms with van der Waals surface area (Å²) in [6.07, 6.45) is 0. The molecule has 1 heterocycles. The summed E-state index contributed by atoms with van der Waals surface area (Å²) in [6.45, 7) is 11.9. The van der Waals surface area contributed by atoms with Crippen molar-refractivity contribution in [3.05, 3.63) is 46.2 Å². The Morgan fingerprint density at radius 1 is 1.15 bits per heavy atom. The van der Waals surface area contributed by atoms with Crippen molar-refractivity contribution in [2.45, 2.75) is 45.9 Å². The number of rotatable bonds is 4. The molecule has 1 radical (unpaired) electrons. The second-order valence-corrected chi connectivity index (χ2v) is 9.22. The highest BCUT2D eigenvalue weighted by molar-refractivity contribution is 7.08. The van der Waals surface area contributed by atoms with E-state index in [0.29, 0.717) is 0 Å². The van der Waals surface area contributed by atoms with Crippen molar-refractivity contribution in [2.75, 3.05) is 0 Å². The van der Waals surface area contributed by atoms with Gasteiger partial charge in [-0.25, -0.2) is 0 Å². The van der Waals surface area contributed by atoms with Gasteiger partial charge in [0.2, 0.25) is 9.04 Å². The SMILES string of the molecule is C[Si](C)OCc1cc(C(C)(C)C)ccc1-c1ccsc1. The van der Waals surface area contributed by atoms with E-state index >= 15 is 0 Å². The molecule has 20 heavy (non-hydrogen) atoms. The molecular weight excluding hydrogens is 280 g/mol. The van der Waals surface area contributed by atoms with E-state index in [4.69, 9.17) is 4.43 Å². The molecule has 0 unspecified atom stereocenters. The average molecular weight is 304 g/mol. The first kappa shape index (κ1) is 15.5. The van der Waals surface area contributed by atoms with Crippen LogP contribution in [0.4, 0.5) is 0 Å². The van der Waals surface area contributed by atoms with Crippen molar-refractivity contribution in [1.82, 2.24) is 0 Å². The van der Waals surface area contributed by atoms with E-state index in [2.05, 4.69) is 68.9 Å². The molecule has 0 spiro atoms. The number of benzene rings is 1. The largest absolute Gasteiger partial charge is 0.413 e. The summed E-state index contributed by atoms with van der Waals surface area (Å²) in [5, 5.41) is 4.34. The third-order valence-corrected chi connectivity index (χ3v) is 4.72. The van der Waals surface area contributed by atoms with Crippen molar-refractivity contribution < 1.29 is 4.43 Å². The van der Waals surface area contributed by atoms with Crippen LogP contribution in [0.1, 0.15) is 31.9 Å². The normalized spacial score (nSPS) is 12.1. The molecule has 0 aliphatic heterocycles. The van der Waals surface area contributed by atoms with Crippen LogP contribution in [0, 0.1) is 0 Å². The molecule has 0 amide bonds. The van der Waals surface area contributed by atoms with Crippen LogP contribution in [0.3, 0.4) is 0 Å². The van der Waals surface area contributed by atoms with Crippen molar-refractivity contribution in [3.8, 4) is 11.1 Å². The van der Waals surface area contributed by atoms with Crippen LogP contribution in [-0.2, 0) is 16.4 Å². The summed E-state index contributed by atoms with van der Waals surface area (Å²) in [5.41, 5.74) is 5.46. The minimum absolute atomic E-state index is 0.175. The summed E-state index contributed by atoms with van der Waals surface area (Å²) < 4.78 is 5.94. The molecule has 107 valence electrons. The Labute approximate surface area is 128 Å². The highest BCUT2D eigenvalue weighted by Crippen LogP contribution is 2.31. The maximum atomic E-state index is 5.94. The molecular formula is C17H23OSSi. The number of hydrogen-bond donors (Lipinski definition) is 0. The lowest BCUT2D eigenvalue weighted by Gasteiger charge is -2.21. The van der Waals surface area contributed by atoms with E-state index in [1.54, 1.807) is 11.3 Å². The first-order valence-electron chi connectivity index (χ1n) is 6.97. The lowest BCUT2D eigenvalue weighted by molar-refractivity contribution is 0.315. The van der Waals surface area contributed by atoms with Crippen LogP contribution in [-0.4, -0.2) is 9.04 Å². The molecule has 1 aromatic heterocycles. The molecule has 0 saturated heterocycles. The highest BCUT2D eigenvalue weighted by atomic mass is 32.1. The maximum Gasteiger partial charge on any atom is 0.205 e. The number of hydrogen-bond acceptors (Lipinski definition) is 2. The topological polar surface area (TPSA) is 9.23 Å². The molecule has 0 N–H and O–H groups in total. The molecule has 0 atom stereocenters. The minimum atomic E-state index is -0.662. The molecule has 3 heteroatoms. The zero-order chi connectivity index (χ0) is 14.8. The summed E-state index contributed by atoms with van der Waals surface area (Å²) in [5.74, 6) is 0. The lowest BCUT2D eigenvalue weighted by atomic mass is 9.84. The predicted molar refractivity (Wildman–Crippen MR) is 90.7 cm³/mol. The standard InChI is InChI=1S/C17H23OSSi/c1-17(2,3)15-6-7-16(13-8-9-19-12-13)14(10-15)11-18-20(4)5/h6-10,12H,11H2,1-5H3.